The zero-order valence-electron chi connectivity index (χ0n) is 11.1. The third kappa shape index (κ3) is 2.81. The minimum Gasteiger partial charge on any atom is -0.425 e. The Hall–Kier alpha value is -0.750. The lowest BCUT2D eigenvalue weighted by Gasteiger charge is -2.10. The van der Waals surface area contributed by atoms with E-state index in [1.807, 2.05) is 40.8 Å². The molecule has 20 heavy (non-hydrogen) atoms. The lowest BCUT2D eigenvalue weighted by molar-refractivity contribution is -0.131. The van der Waals surface area contributed by atoms with Gasteiger partial charge in [0.15, 0.2) is 4.90 Å². The summed E-state index contributed by atoms with van der Waals surface area (Å²) in [5.41, 5.74) is 0. The van der Waals surface area contributed by atoms with Gasteiger partial charge in [-0.3, -0.25) is 4.79 Å². The Morgan fingerprint density at radius 1 is 1.10 bits per heavy atom. The van der Waals surface area contributed by atoms with E-state index in [1.54, 1.807) is 0 Å². The van der Waals surface area contributed by atoms with Crippen molar-refractivity contribution in [3.05, 3.63) is 36.4 Å². The molecule has 1 fully saturated rings. The highest BCUT2D eigenvalue weighted by Crippen LogP contribution is 2.34. The highest BCUT2D eigenvalue weighted by Gasteiger charge is 2.29. The van der Waals surface area contributed by atoms with E-state index in [2.05, 4.69) is 18.2 Å². The van der Waals surface area contributed by atoms with Gasteiger partial charge in [0, 0.05) is 21.7 Å². The monoisotopic (exact) mass is 399 g/mol. The summed E-state index contributed by atoms with van der Waals surface area (Å²) in [5.74, 6) is 3.11. The Morgan fingerprint density at radius 3 is 2.50 bits per heavy atom. The van der Waals surface area contributed by atoms with Crippen LogP contribution < -0.4 is 4.74 Å². The number of ether oxygens (including phenoxy) is 1. The molecule has 0 N–H and O–H groups in total. The Balaban J connectivity index is 2.07. The molecule has 1 heterocycles. The van der Waals surface area contributed by atoms with E-state index in [0.717, 1.165) is 5.39 Å². The first kappa shape index (κ1) is 14.2. The summed E-state index contributed by atoms with van der Waals surface area (Å²) < 4.78 is 5.82. The molecule has 0 radical (unpaired) electrons. The quantitative estimate of drug-likeness (QED) is 0.257. The van der Waals surface area contributed by atoms with Gasteiger partial charge in [0.25, 0.3) is 0 Å². The predicted molar refractivity (Wildman–Crippen MR) is 93.1 cm³/mol. The summed E-state index contributed by atoms with van der Waals surface area (Å²) in [7, 11) is 0.370. The van der Waals surface area contributed by atoms with Crippen LogP contribution in [0.25, 0.3) is 10.8 Å². The molecule has 4 heteroatoms. The minimum absolute atomic E-state index is 0.188. The van der Waals surface area contributed by atoms with Gasteiger partial charge >= 0.3 is 5.97 Å². The molecule has 1 aliphatic rings. The Labute approximate surface area is 135 Å². The van der Waals surface area contributed by atoms with Gasteiger partial charge in [-0.1, -0.05) is 40.8 Å². The van der Waals surface area contributed by atoms with Gasteiger partial charge in [0.1, 0.15) is 17.3 Å². The van der Waals surface area contributed by atoms with Crippen LogP contribution in [0.1, 0.15) is 12.8 Å². The molecule has 0 amide bonds. The molecule has 0 bridgehead atoms. The van der Waals surface area contributed by atoms with Crippen molar-refractivity contribution in [2.75, 3.05) is 15.9 Å². The van der Waals surface area contributed by atoms with Gasteiger partial charge in [-0.05, 0) is 31.0 Å². The number of rotatable bonds is 3. The van der Waals surface area contributed by atoms with Crippen molar-refractivity contribution in [3.8, 4) is 5.75 Å². The average Bonchev–Trinajstić information content (AvgIpc) is 3.01. The van der Waals surface area contributed by atoms with E-state index in [0.29, 0.717) is 21.1 Å². The van der Waals surface area contributed by atoms with Gasteiger partial charge < -0.3 is 4.74 Å². The van der Waals surface area contributed by atoms with Crippen molar-refractivity contribution in [3.63, 3.8) is 0 Å². The molecule has 0 atom stereocenters. The molecule has 2 aromatic carbocycles. The molecule has 104 valence electrons. The van der Waals surface area contributed by atoms with Crippen LogP contribution in [0.5, 0.6) is 5.75 Å². The molecule has 1 saturated heterocycles. The molecular formula is C16H16IO2S+. The van der Waals surface area contributed by atoms with Crippen molar-refractivity contribution in [1.29, 1.82) is 0 Å². The van der Waals surface area contributed by atoms with Gasteiger partial charge in [-0.15, -0.1) is 0 Å². The normalized spacial score (nSPS) is 15.7. The van der Waals surface area contributed by atoms with Gasteiger partial charge in [0.05, 0.1) is 4.43 Å². The summed E-state index contributed by atoms with van der Waals surface area (Å²) in [4.78, 5) is 13.0. The number of alkyl halides is 1. The van der Waals surface area contributed by atoms with Crippen LogP contribution in [-0.2, 0) is 15.7 Å². The fourth-order valence-corrected chi connectivity index (χ4v) is 5.26. The zero-order chi connectivity index (χ0) is 13.9. The van der Waals surface area contributed by atoms with Gasteiger partial charge in [0.2, 0.25) is 0 Å². The average molecular weight is 399 g/mol. The maximum absolute atomic E-state index is 11.5. The Bertz CT molecular complexity index is 635. The Kier molecular flexibility index (Phi) is 4.51. The maximum Gasteiger partial charge on any atom is 0.321 e. The summed E-state index contributed by atoms with van der Waals surface area (Å²) in [6.45, 7) is 0. The van der Waals surface area contributed by atoms with Crippen molar-refractivity contribution in [2.24, 2.45) is 0 Å². The molecular weight excluding hydrogens is 383 g/mol. The number of halogens is 1. The van der Waals surface area contributed by atoms with Gasteiger partial charge in [-0.25, -0.2) is 0 Å². The number of carbonyl (C=O) groups excluding carboxylic acids is 1. The SMILES string of the molecule is O=C(CI)Oc1ccc([S+]2CCCC2)c2ccccc12. The molecule has 2 nitrogen and oxygen atoms in total. The molecule has 0 aromatic heterocycles. The first-order valence-corrected chi connectivity index (χ1v) is 9.84. The van der Waals surface area contributed by atoms with Crippen molar-refractivity contribution < 1.29 is 9.53 Å². The summed E-state index contributed by atoms with van der Waals surface area (Å²) in [5, 5.41) is 2.30. The second-order valence-corrected chi connectivity index (χ2v) is 7.83. The summed E-state index contributed by atoms with van der Waals surface area (Å²) >= 11 is 2.03. The van der Waals surface area contributed by atoms with E-state index < -0.39 is 0 Å². The molecule has 3 rings (SSSR count). The van der Waals surface area contributed by atoms with Crippen LogP contribution in [0.3, 0.4) is 0 Å². The zero-order valence-corrected chi connectivity index (χ0v) is 14.1. The van der Waals surface area contributed by atoms with Crippen molar-refractivity contribution >= 4 is 50.2 Å². The van der Waals surface area contributed by atoms with Crippen LogP contribution in [0, 0.1) is 0 Å². The molecule has 0 aliphatic carbocycles. The highest BCUT2D eigenvalue weighted by atomic mass is 127. The van der Waals surface area contributed by atoms with E-state index in [9.17, 15) is 4.79 Å². The number of hydrogen-bond donors (Lipinski definition) is 0. The summed E-state index contributed by atoms with van der Waals surface area (Å²) in [6.07, 6.45) is 2.67. The number of carbonyl (C=O) groups is 1. The first-order valence-electron chi connectivity index (χ1n) is 6.75. The number of fused-ring (bicyclic) bond motifs is 1. The Morgan fingerprint density at radius 2 is 1.80 bits per heavy atom. The van der Waals surface area contributed by atoms with E-state index >= 15 is 0 Å². The minimum atomic E-state index is -0.188. The predicted octanol–water partition coefficient (Wildman–Crippen LogP) is 3.95. The van der Waals surface area contributed by atoms with Crippen molar-refractivity contribution in [2.45, 2.75) is 17.7 Å². The van der Waals surface area contributed by atoms with Crippen molar-refractivity contribution in [1.82, 2.24) is 0 Å². The van der Waals surface area contributed by atoms with Crippen LogP contribution in [0.4, 0.5) is 0 Å². The lowest BCUT2D eigenvalue weighted by Crippen LogP contribution is -2.10. The number of hydrogen-bond acceptors (Lipinski definition) is 2. The second-order valence-electron chi connectivity index (χ2n) is 4.82. The third-order valence-electron chi connectivity index (χ3n) is 3.52. The number of benzene rings is 2. The molecule has 0 unspecified atom stereocenters. The largest absolute Gasteiger partial charge is 0.425 e. The first-order chi connectivity index (χ1) is 9.79. The van der Waals surface area contributed by atoms with E-state index in [-0.39, 0.29) is 5.97 Å². The highest BCUT2D eigenvalue weighted by molar-refractivity contribution is 14.1. The van der Waals surface area contributed by atoms with Gasteiger partial charge in [-0.2, -0.15) is 0 Å². The molecule has 0 spiro atoms. The van der Waals surface area contributed by atoms with Crippen LogP contribution in [0.15, 0.2) is 41.3 Å². The molecule has 2 aromatic rings. The topological polar surface area (TPSA) is 26.3 Å². The smallest absolute Gasteiger partial charge is 0.321 e. The molecule has 1 aliphatic heterocycles. The van der Waals surface area contributed by atoms with E-state index in [4.69, 9.17) is 4.74 Å². The van der Waals surface area contributed by atoms with Crippen LogP contribution >= 0.6 is 22.6 Å². The van der Waals surface area contributed by atoms with E-state index in [1.165, 1.54) is 34.6 Å². The number of esters is 1. The third-order valence-corrected chi connectivity index (χ3v) is 6.68. The standard InChI is InChI=1S/C16H16IO2S/c17-11-16(18)19-14-7-8-15(20-9-3-4-10-20)13-6-2-1-5-12(13)14/h1-2,5-8H,3-4,9-11H2/q+1. The molecule has 0 saturated carbocycles. The second kappa shape index (κ2) is 6.35. The maximum atomic E-state index is 11.5. The van der Waals surface area contributed by atoms with Crippen LogP contribution in [0.2, 0.25) is 0 Å². The fraction of sp³-hybridized carbons (Fsp3) is 0.312. The summed E-state index contributed by atoms with van der Waals surface area (Å²) in [6, 6.07) is 12.4. The van der Waals surface area contributed by atoms with Crippen LogP contribution in [-0.4, -0.2) is 21.9 Å². The fourth-order valence-electron chi connectivity index (χ4n) is 2.61. The lowest BCUT2D eigenvalue weighted by atomic mass is 10.1.